The van der Waals surface area contributed by atoms with Crippen molar-refractivity contribution < 1.29 is 14.4 Å². The highest BCUT2D eigenvalue weighted by atomic mass is 16.2. The van der Waals surface area contributed by atoms with E-state index in [4.69, 9.17) is 0 Å². The molecule has 0 aromatic heterocycles. The van der Waals surface area contributed by atoms with Gasteiger partial charge in [-0.25, -0.2) is 5.01 Å². The summed E-state index contributed by atoms with van der Waals surface area (Å²) in [4.78, 5) is 43.8. The Labute approximate surface area is 208 Å². The predicted octanol–water partition coefficient (Wildman–Crippen LogP) is 4.11. The summed E-state index contributed by atoms with van der Waals surface area (Å²) in [6, 6.07) is 7.23. The van der Waals surface area contributed by atoms with Crippen molar-refractivity contribution in [2.24, 2.45) is 5.92 Å². The SMILES string of the molecule is O=C1c2cccc(N(CCC3CC3)C3CCC(N4CCCC4)CC3)c2CN1N1C(=O)CCCC1=O. The lowest BCUT2D eigenvalue weighted by Gasteiger charge is -2.41. The van der Waals surface area contributed by atoms with Gasteiger partial charge in [-0.1, -0.05) is 18.9 Å². The molecule has 35 heavy (non-hydrogen) atoms. The molecule has 2 saturated heterocycles. The molecule has 188 valence electrons. The normalized spacial score (nSPS) is 27.6. The summed E-state index contributed by atoms with van der Waals surface area (Å²) in [5, 5.41) is 2.53. The molecule has 4 fully saturated rings. The van der Waals surface area contributed by atoms with Crippen molar-refractivity contribution in [1.82, 2.24) is 14.9 Å². The van der Waals surface area contributed by atoms with Crippen LogP contribution in [0.25, 0.3) is 0 Å². The first kappa shape index (κ1) is 23.0. The molecule has 0 spiro atoms. The van der Waals surface area contributed by atoms with Crippen LogP contribution in [0.4, 0.5) is 5.69 Å². The molecule has 3 heterocycles. The maximum Gasteiger partial charge on any atom is 0.273 e. The fourth-order valence-electron chi connectivity index (χ4n) is 6.81. The predicted molar refractivity (Wildman–Crippen MR) is 134 cm³/mol. The van der Waals surface area contributed by atoms with E-state index >= 15 is 0 Å². The molecule has 3 aliphatic heterocycles. The number of rotatable bonds is 7. The summed E-state index contributed by atoms with van der Waals surface area (Å²) < 4.78 is 0. The molecule has 2 aliphatic carbocycles. The maximum atomic E-state index is 13.4. The molecule has 0 radical (unpaired) electrons. The molecule has 1 aromatic carbocycles. The first-order valence-electron chi connectivity index (χ1n) is 13.9. The number of likely N-dealkylation sites (tertiary alicyclic amines) is 1. The molecule has 2 saturated carbocycles. The number of nitrogens with zero attached hydrogens (tertiary/aromatic N) is 4. The van der Waals surface area contributed by atoms with Crippen LogP contribution in [0.1, 0.15) is 93.0 Å². The van der Waals surface area contributed by atoms with Crippen LogP contribution in [0.3, 0.4) is 0 Å². The van der Waals surface area contributed by atoms with E-state index < -0.39 is 0 Å². The molecule has 7 heteroatoms. The molecule has 5 aliphatic rings. The highest BCUT2D eigenvalue weighted by Gasteiger charge is 2.41. The van der Waals surface area contributed by atoms with Crippen LogP contribution in [0.2, 0.25) is 0 Å². The Bertz CT molecular complexity index is 976. The molecule has 3 amide bonds. The fourth-order valence-corrected chi connectivity index (χ4v) is 6.81. The van der Waals surface area contributed by atoms with Crippen LogP contribution in [0.5, 0.6) is 0 Å². The third-order valence-corrected chi connectivity index (χ3v) is 8.97. The van der Waals surface area contributed by atoms with Crippen molar-refractivity contribution in [3.8, 4) is 0 Å². The van der Waals surface area contributed by atoms with Crippen LogP contribution in [-0.4, -0.2) is 64.4 Å². The van der Waals surface area contributed by atoms with Gasteiger partial charge in [-0.2, -0.15) is 5.01 Å². The lowest BCUT2D eigenvalue weighted by atomic mass is 9.88. The minimum Gasteiger partial charge on any atom is -0.368 e. The summed E-state index contributed by atoms with van der Waals surface area (Å²) >= 11 is 0. The number of imide groups is 1. The van der Waals surface area contributed by atoms with Gasteiger partial charge in [0, 0.05) is 48.3 Å². The number of hydrazine groups is 1. The Hall–Kier alpha value is -2.41. The number of piperidine rings is 1. The number of carbonyl (C=O) groups is 3. The summed E-state index contributed by atoms with van der Waals surface area (Å²) in [5.41, 5.74) is 2.78. The summed E-state index contributed by atoms with van der Waals surface area (Å²) in [7, 11) is 0. The average Bonchev–Trinajstić information content (AvgIpc) is 3.41. The van der Waals surface area contributed by atoms with Gasteiger partial charge in [-0.15, -0.1) is 0 Å². The molecular weight excluding hydrogens is 440 g/mol. The smallest absolute Gasteiger partial charge is 0.273 e. The van der Waals surface area contributed by atoms with E-state index in [-0.39, 0.29) is 17.7 Å². The highest BCUT2D eigenvalue weighted by Crippen LogP contribution is 2.39. The number of hydrogen-bond acceptors (Lipinski definition) is 5. The van der Waals surface area contributed by atoms with E-state index in [0.29, 0.717) is 37.4 Å². The van der Waals surface area contributed by atoms with Gasteiger partial charge in [0.05, 0.1) is 6.54 Å². The van der Waals surface area contributed by atoms with Gasteiger partial charge in [0.25, 0.3) is 5.91 Å². The zero-order valence-corrected chi connectivity index (χ0v) is 20.8. The standard InChI is InChI=1S/C28H38N4O3/c33-26-7-4-8-27(34)32(26)31-19-24-23(28(31)35)5-3-6-25(24)30(18-15-20-9-10-20)22-13-11-21(12-14-22)29-16-1-2-17-29/h3,5-6,20-22H,1-2,4,7-19H2. The van der Waals surface area contributed by atoms with Crippen LogP contribution in [0, 0.1) is 5.92 Å². The Balaban J connectivity index is 1.24. The number of fused-ring (bicyclic) bond motifs is 1. The van der Waals surface area contributed by atoms with E-state index in [1.807, 2.05) is 12.1 Å². The number of hydrogen-bond donors (Lipinski definition) is 0. The lowest BCUT2D eigenvalue weighted by molar-refractivity contribution is -0.163. The van der Waals surface area contributed by atoms with E-state index in [2.05, 4.69) is 15.9 Å². The monoisotopic (exact) mass is 478 g/mol. The van der Waals surface area contributed by atoms with Crippen molar-refractivity contribution in [2.75, 3.05) is 24.5 Å². The first-order valence-corrected chi connectivity index (χ1v) is 13.9. The third kappa shape index (κ3) is 4.48. The van der Waals surface area contributed by atoms with Crippen LogP contribution >= 0.6 is 0 Å². The van der Waals surface area contributed by atoms with E-state index in [9.17, 15) is 14.4 Å². The second-order valence-corrected chi connectivity index (χ2v) is 11.2. The highest BCUT2D eigenvalue weighted by molar-refractivity contribution is 6.05. The number of anilines is 1. The fraction of sp³-hybridized carbons (Fsp3) is 0.679. The van der Waals surface area contributed by atoms with Crippen molar-refractivity contribution in [1.29, 1.82) is 0 Å². The van der Waals surface area contributed by atoms with E-state index in [1.165, 1.54) is 75.9 Å². The van der Waals surface area contributed by atoms with Gasteiger partial charge >= 0.3 is 0 Å². The van der Waals surface area contributed by atoms with Crippen LogP contribution < -0.4 is 4.90 Å². The second kappa shape index (κ2) is 9.57. The Morgan fingerprint density at radius 1 is 0.857 bits per heavy atom. The molecule has 0 bridgehead atoms. The Kier molecular flexibility index (Phi) is 6.29. The number of amides is 3. The van der Waals surface area contributed by atoms with Gasteiger partial charge in [-0.05, 0) is 82.5 Å². The van der Waals surface area contributed by atoms with E-state index in [1.54, 1.807) is 0 Å². The Morgan fingerprint density at radius 3 is 2.26 bits per heavy atom. The second-order valence-electron chi connectivity index (χ2n) is 11.2. The molecule has 7 nitrogen and oxygen atoms in total. The quantitative estimate of drug-likeness (QED) is 0.552. The average molecular weight is 479 g/mol. The molecule has 0 unspecified atom stereocenters. The molecular formula is C28H38N4O3. The van der Waals surface area contributed by atoms with Gasteiger partial charge in [-0.3, -0.25) is 14.4 Å². The van der Waals surface area contributed by atoms with Crippen molar-refractivity contribution in [3.05, 3.63) is 29.3 Å². The zero-order chi connectivity index (χ0) is 23.9. The lowest BCUT2D eigenvalue weighted by Crippen LogP contribution is -2.52. The Morgan fingerprint density at radius 2 is 1.57 bits per heavy atom. The van der Waals surface area contributed by atoms with Gasteiger partial charge in [0.2, 0.25) is 11.8 Å². The summed E-state index contributed by atoms with van der Waals surface area (Å²) in [6.07, 6.45) is 12.7. The minimum absolute atomic E-state index is 0.217. The molecule has 1 aromatic rings. The van der Waals surface area contributed by atoms with Crippen LogP contribution in [-0.2, 0) is 16.1 Å². The van der Waals surface area contributed by atoms with E-state index in [0.717, 1.165) is 34.8 Å². The first-order chi connectivity index (χ1) is 17.1. The molecule has 0 atom stereocenters. The number of carbonyl (C=O) groups excluding carboxylic acids is 3. The third-order valence-electron chi connectivity index (χ3n) is 8.97. The van der Waals surface area contributed by atoms with Gasteiger partial charge in [0.1, 0.15) is 0 Å². The van der Waals surface area contributed by atoms with Crippen molar-refractivity contribution in [2.45, 2.75) is 95.7 Å². The zero-order valence-electron chi connectivity index (χ0n) is 20.8. The van der Waals surface area contributed by atoms with Gasteiger partial charge in [0.15, 0.2) is 0 Å². The summed E-state index contributed by atoms with van der Waals surface area (Å²) in [6.45, 7) is 3.86. The molecule has 0 N–H and O–H groups in total. The maximum absolute atomic E-state index is 13.4. The van der Waals surface area contributed by atoms with Gasteiger partial charge < -0.3 is 9.80 Å². The largest absolute Gasteiger partial charge is 0.368 e. The van der Waals surface area contributed by atoms with Crippen molar-refractivity contribution in [3.63, 3.8) is 0 Å². The summed E-state index contributed by atoms with van der Waals surface area (Å²) in [5.74, 6) is 0.117. The van der Waals surface area contributed by atoms with Crippen molar-refractivity contribution >= 4 is 23.4 Å². The van der Waals surface area contributed by atoms with Crippen LogP contribution in [0.15, 0.2) is 18.2 Å². The topological polar surface area (TPSA) is 64.2 Å². The molecule has 6 rings (SSSR count). The number of benzene rings is 1. The minimum atomic E-state index is -0.255.